The number of aromatic nitrogens is 3. The van der Waals surface area contributed by atoms with Gasteiger partial charge in [-0.2, -0.15) is 0 Å². The molecule has 0 aliphatic carbocycles. The van der Waals surface area contributed by atoms with Crippen molar-refractivity contribution in [3.63, 3.8) is 0 Å². The van der Waals surface area contributed by atoms with E-state index in [4.69, 9.17) is 5.73 Å². The number of hydrogen-bond acceptors (Lipinski definition) is 6. The lowest BCUT2D eigenvalue weighted by Gasteiger charge is -2.11. The maximum Gasteiger partial charge on any atom is 0.248 e. The Kier molecular flexibility index (Phi) is 5.33. The topological polar surface area (TPSA) is 128 Å². The van der Waals surface area contributed by atoms with E-state index in [-0.39, 0.29) is 10.6 Å². The first kappa shape index (κ1) is 22.3. The lowest BCUT2D eigenvalue weighted by molar-refractivity contribution is 0.1000. The first-order chi connectivity index (χ1) is 16.7. The third kappa shape index (κ3) is 4.02. The number of hydrogen-bond donors (Lipinski definition) is 2. The van der Waals surface area contributed by atoms with Crippen molar-refractivity contribution in [2.45, 2.75) is 4.90 Å². The minimum Gasteiger partial charge on any atom is -0.504 e. The predicted molar refractivity (Wildman–Crippen MR) is 133 cm³/mol. The van der Waals surface area contributed by atoms with Gasteiger partial charge in [-0.3, -0.25) is 9.36 Å². The summed E-state index contributed by atoms with van der Waals surface area (Å²) in [4.78, 5) is 20.6. The Labute approximate surface area is 201 Å². The highest BCUT2D eigenvalue weighted by molar-refractivity contribution is 7.90. The van der Waals surface area contributed by atoms with Gasteiger partial charge in [0, 0.05) is 28.6 Å². The van der Waals surface area contributed by atoms with Crippen molar-refractivity contribution in [2.75, 3.05) is 6.26 Å². The third-order valence-corrected chi connectivity index (χ3v) is 6.88. The van der Waals surface area contributed by atoms with Crippen LogP contribution in [0.2, 0.25) is 0 Å². The molecule has 0 saturated carbocycles. The van der Waals surface area contributed by atoms with Gasteiger partial charge in [-0.05, 0) is 29.8 Å². The van der Waals surface area contributed by atoms with Crippen LogP contribution in [0.15, 0.2) is 90.2 Å². The zero-order valence-electron chi connectivity index (χ0n) is 18.6. The number of pyridine rings is 1. The number of amides is 1. The van der Waals surface area contributed by atoms with Crippen molar-refractivity contribution in [3.05, 3.63) is 90.9 Å². The molecule has 0 fully saturated rings. The maximum atomic E-state index is 12.2. The van der Waals surface area contributed by atoms with Crippen LogP contribution in [0.3, 0.4) is 0 Å². The number of nitrogens with two attached hydrogens (primary N) is 1. The normalized spacial score (nSPS) is 11.6. The number of benzene rings is 3. The molecule has 0 saturated heterocycles. The number of primary amides is 1. The lowest BCUT2D eigenvalue weighted by Crippen LogP contribution is -2.11. The molecule has 0 radical (unpaired) electrons. The molecule has 3 aromatic carbocycles. The molecule has 5 aromatic rings. The molecule has 3 N–H and O–H groups in total. The SMILES string of the molecule is CS(=O)(=O)c1ccccc1-c1ccc(-c2ncc3ncn(-c4cccc(C(N)=O)c4)c3c2O)cc1. The molecule has 2 heterocycles. The second-order valence-corrected chi connectivity index (χ2v) is 10.0. The molecule has 174 valence electrons. The zero-order chi connectivity index (χ0) is 24.7. The highest BCUT2D eigenvalue weighted by Crippen LogP contribution is 2.36. The summed E-state index contributed by atoms with van der Waals surface area (Å²) in [5.74, 6) is -0.630. The average molecular weight is 485 g/mol. The highest BCUT2D eigenvalue weighted by Gasteiger charge is 2.18. The molecule has 8 nitrogen and oxygen atoms in total. The first-order valence-corrected chi connectivity index (χ1v) is 12.5. The van der Waals surface area contributed by atoms with E-state index in [1.54, 1.807) is 89.9 Å². The summed E-state index contributed by atoms with van der Waals surface area (Å²) in [7, 11) is -3.40. The van der Waals surface area contributed by atoms with Gasteiger partial charge in [-0.15, -0.1) is 0 Å². The zero-order valence-corrected chi connectivity index (χ0v) is 19.4. The van der Waals surface area contributed by atoms with E-state index in [9.17, 15) is 18.3 Å². The Balaban J connectivity index is 1.59. The minimum absolute atomic E-state index is 0.0752. The fraction of sp³-hybridized carbons (Fsp3) is 0.0385. The van der Waals surface area contributed by atoms with E-state index in [1.807, 2.05) is 0 Å². The van der Waals surface area contributed by atoms with Gasteiger partial charge < -0.3 is 10.8 Å². The van der Waals surface area contributed by atoms with Gasteiger partial charge >= 0.3 is 0 Å². The van der Waals surface area contributed by atoms with Gasteiger partial charge in [0.05, 0.1) is 11.1 Å². The molecule has 0 unspecified atom stereocenters. The molecule has 0 aliphatic rings. The number of carbonyl (C=O) groups is 1. The summed E-state index contributed by atoms with van der Waals surface area (Å²) in [6.07, 6.45) is 4.28. The Hall–Kier alpha value is -4.50. The third-order valence-electron chi connectivity index (χ3n) is 5.73. The quantitative estimate of drug-likeness (QED) is 0.389. The summed E-state index contributed by atoms with van der Waals surface area (Å²) >= 11 is 0. The summed E-state index contributed by atoms with van der Waals surface area (Å²) < 4.78 is 26.0. The van der Waals surface area contributed by atoms with Crippen LogP contribution in [0.5, 0.6) is 5.75 Å². The van der Waals surface area contributed by atoms with Crippen molar-refractivity contribution < 1.29 is 18.3 Å². The molecule has 0 atom stereocenters. The van der Waals surface area contributed by atoms with Gasteiger partial charge in [0.1, 0.15) is 23.1 Å². The van der Waals surface area contributed by atoms with Crippen LogP contribution in [0.4, 0.5) is 0 Å². The van der Waals surface area contributed by atoms with Gasteiger partial charge in [-0.1, -0.05) is 48.5 Å². The number of sulfone groups is 1. The molecule has 2 aromatic heterocycles. The summed E-state index contributed by atoms with van der Waals surface area (Å²) in [6.45, 7) is 0. The van der Waals surface area contributed by atoms with E-state index < -0.39 is 15.7 Å². The molecule has 0 bridgehead atoms. The Bertz CT molecular complexity index is 1710. The second-order valence-electron chi connectivity index (χ2n) is 8.06. The summed E-state index contributed by atoms with van der Waals surface area (Å²) in [6, 6.07) is 20.7. The van der Waals surface area contributed by atoms with Gasteiger partial charge in [0.2, 0.25) is 5.91 Å². The number of aromatic hydroxyl groups is 1. The number of carbonyl (C=O) groups excluding carboxylic acids is 1. The van der Waals surface area contributed by atoms with Gasteiger partial charge in [-0.25, -0.2) is 18.4 Å². The Morgan fingerprint density at radius 2 is 1.66 bits per heavy atom. The summed E-state index contributed by atoms with van der Waals surface area (Å²) in [5, 5.41) is 11.2. The van der Waals surface area contributed by atoms with Crippen LogP contribution in [-0.2, 0) is 9.84 Å². The van der Waals surface area contributed by atoms with Crippen LogP contribution in [0.25, 0.3) is 39.1 Å². The molecule has 1 amide bonds. The standard InChI is InChI=1S/C26H20N4O4S/c1-35(33,34)22-8-3-2-7-20(22)16-9-11-17(12-10-16)23-25(31)24-21(14-28-23)29-15-30(24)19-6-4-5-18(13-19)26(27)32/h2-15,31H,1H3,(H2,27,32). The minimum atomic E-state index is -3.40. The van der Waals surface area contributed by atoms with Gasteiger partial charge in [0.25, 0.3) is 0 Å². The molecular formula is C26H20N4O4S. The molecule has 0 aliphatic heterocycles. The van der Waals surface area contributed by atoms with E-state index >= 15 is 0 Å². The maximum absolute atomic E-state index is 12.2. The molecular weight excluding hydrogens is 464 g/mol. The van der Waals surface area contributed by atoms with E-state index in [1.165, 1.54) is 6.26 Å². The molecule has 0 spiro atoms. The van der Waals surface area contributed by atoms with Crippen LogP contribution in [0, 0.1) is 0 Å². The average Bonchev–Trinajstić information content (AvgIpc) is 3.29. The van der Waals surface area contributed by atoms with E-state index in [0.29, 0.717) is 39.1 Å². The first-order valence-electron chi connectivity index (χ1n) is 10.6. The fourth-order valence-corrected chi connectivity index (χ4v) is 4.95. The van der Waals surface area contributed by atoms with E-state index in [0.717, 1.165) is 5.56 Å². The van der Waals surface area contributed by atoms with Crippen molar-refractivity contribution >= 4 is 26.8 Å². The van der Waals surface area contributed by atoms with Crippen LogP contribution < -0.4 is 5.73 Å². The highest BCUT2D eigenvalue weighted by atomic mass is 32.2. The van der Waals surface area contributed by atoms with Crippen molar-refractivity contribution in [1.29, 1.82) is 0 Å². The molecule has 35 heavy (non-hydrogen) atoms. The lowest BCUT2D eigenvalue weighted by atomic mass is 10.0. The van der Waals surface area contributed by atoms with Crippen molar-refractivity contribution in [2.24, 2.45) is 5.73 Å². The molecule has 9 heteroatoms. The number of imidazole rings is 1. The van der Waals surface area contributed by atoms with Crippen LogP contribution in [-0.4, -0.2) is 40.2 Å². The van der Waals surface area contributed by atoms with Crippen LogP contribution >= 0.6 is 0 Å². The predicted octanol–water partition coefficient (Wildman–Crippen LogP) is 3.96. The van der Waals surface area contributed by atoms with Crippen LogP contribution in [0.1, 0.15) is 10.4 Å². The largest absolute Gasteiger partial charge is 0.504 e. The second kappa shape index (κ2) is 8.37. The Morgan fingerprint density at radius 1 is 0.943 bits per heavy atom. The van der Waals surface area contributed by atoms with Gasteiger partial charge in [0.15, 0.2) is 15.6 Å². The van der Waals surface area contributed by atoms with E-state index in [2.05, 4.69) is 9.97 Å². The summed E-state index contributed by atoms with van der Waals surface area (Å²) in [5.41, 5.74) is 9.58. The number of nitrogens with zero attached hydrogens (tertiary/aromatic N) is 3. The Morgan fingerprint density at radius 3 is 2.37 bits per heavy atom. The number of fused-ring (bicyclic) bond motifs is 1. The number of rotatable bonds is 5. The smallest absolute Gasteiger partial charge is 0.248 e. The monoisotopic (exact) mass is 484 g/mol. The fourth-order valence-electron chi connectivity index (χ4n) is 4.04. The molecule has 5 rings (SSSR count). The van der Waals surface area contributed by atoms with Crippen molar-refractivity contribution in [1.82, 2.24) is 14.5 Å². The van der Waals surface area contributed by atoms with Crippen molar-refractivity contribution in [3.8, 4) is 33.8 Å².